The SMILES string of the molecule is CC1(C)CC(=O)C2=C(C1)N(c1ncn[nH]1)C(N)=C(C#N)[C@H]2c1cccc(Br)c1. The Morgan fingerprint density at radius 1 is 1.39 bits per heavy atom. The number of Topliss-reactive ketones (excluding diaryl/α,β-unsaturated/α-hetero) is 1. The van der Waals surface area contributed by atoms with E-state index in [1.807, 2.05) is 24.3 Å². The molecule has 0 unspecified atom stereocenters. The molecule has 0 radical (unpaired) electrons. The number of nitriles is 1. The van der Waals surface area contributed by atoms with Crippen molar-refractivity contribution in [1.29, 1.82) is 5.26 Å². The van der Waals surface area contributed by atoms with Crippen molar-refractivity contribution in [3.05, 3.63) is 63.3 Å². The number of benzene rings is 1. The Hall–Kier alpha value is -2.92. The van der Waals surface area contributed by atoms with Gasteiger partial charge in [0, 0.05) is 22.2 Å². The molecule has 0 fully saturated rings. The second-order valence-corrected chi connectivity index (χ2v) is 8.76. The highest BCUT2D eigenvalue weighted by atomic mass is 79.9. The van der Waals surface area contributed by atoms with Crippen LogP contribution in [0.1, 0.15) is 38.2 Å². The third-order valence-corrected chi connectivity index (χ3v) is 5.67. The summed E-state index contributed by atoms with van der Waals surface area (Å²) in [4.78, 5) is 19.2. The molecule has 7 nitrogen and oxygen atoms in total. The van der Waals surface area contributed by atoms with Crippen LogP contribution < -0.4 is 10.6 Å². The van der Waals surface area contributed by atoms with Crippen molar-refractivity contribution in [1.82, 2.24) is 15.2 Å². The molecule has 0 saturated carbocycles. The number of hydrogen-bond acceptors (Lipinski definition) is 6. The Kier molecular flexibility index (Phi) is 4.35. The number of nitrogens with two attached hydrogens (primary N) is 1. The zero-order valence-corrected chi connectivity index (χ0v) is 17.1. The molecule has 28 heavy (non-hydrogen) atoms. The average Bonchev–Trinajstić information content (AvgIpc) is 3.13. The topological polar surface area (TPSA) is 112 Å². The van der Waals surface area contributed by atoms with Crippen molar-refractivity contribution >= 4 is 27.7 Å². The number of hydrogen-bond donors (Lipinski definition) is 2. The van der Waals surface area contributed by atoms with Gasteiger partial charge in [-0.15, -0.1) is 0 Å². The molecule has 2 aromatic rings. The molecule has 8 heteroatoms. The second-order valence-electron chi connectivity index (χ2n) is 7.84. The molecule has 2 aliphatic rings. The fraction of sp³-hybridized carbons (Fsp3) is 0.300. The molecule has 4 rings (SSSR count). The number of allylic oxidation sites excluding steroid dienone is 3. The van der Waals surface area contributed by atoms with Gasteiger partial charge in [-0.1, -0.05) is 41.9 Å². The van der Waals surface area contributed by atoms with Gasteiger partial charge in [0.05, 0.1) is 17.6 Å². The summed E-state index contributed by atoms with van der Waals surface area (Å²) < 4.78 is 0.879. The van der Waals surface area contributed by atoms with E-state index in [4.69, 9.17) is 5.73 Å². The molecule has 1 aromatic carbocycles. The highest BCUT2D eigenvalue weighted by Crippen LogP contribution is 2.49. The predicted molar refractivity (Wildman–Crippen MR) is 108 cm³/mol. The largest absolute Gasteiger partial charge is 0.384 e. The number of H-pyrrole nitrogens is 1. The van der Waals surface area contributed by atoms with Crippen LogP contribution in [-0.4, -0.2) is 21.0 Å². The molecule has 0 saturated heterocycles. The van der Waals surface area contributed by atoms with Gasteiger partial charge in [0.1, 0.15) is 12.1 Å². The third kappa shape index (κ3) is 2.92. The second kappa shape index (κ2) is 6.60. The summed E-state index contributed by atoms with van der Waals surface area (Å²) in [5.41, 5.74) is 8.82. The minimum atomic E-state index is -0.500. The standard InChI is InChI=1S/C20H19BrN6O/c1-20(2)7-14-17(15(28)8-20)16(11-4-3-5-12(21)6-11)13(9-22)18(23)27(14)19-24-10-25-26-19/h3-6,10,16H,7-8,23H2,1-2H3,(H,24,25,26)/t16-/m1/s1. The highest BCUT2D eigenvalue weighted by Gasteiger charge is 2.45. The van der Waals surface area contributed by atoms with Crippen molar-refractivity contribution < 1.29 is 4.79 Å². The molecular formula is C20H19BrN6O. The lowest BCUT2D eigenvalue weighted by Gasteiger charge is -2.42. The Morgan fingerprint density at radius 2 is 2.18 bits per heavy atom. The summed E-state index contributed by atoms with van der Waals surface area (Å²) >= 11 is 3.49. The van der Waals surface area contributed by atoms with Gasteiger partial charge < -0.3 is 5.73 Å². The molecule has 2 heterocycles. The van der Waals surface area contributed by atoms with Crippen molar-refractivity contribution in [2.45, 2.75) is 32.6 Å². The van der Waals surface area contributed by atoms with Gasteiger partial charge in [-0.2, -0.15) is 15.3 Å². The van der Waals surface area contributed by atoms with Gasteiger partial charge in [0.15, 0.2) is 5.78 Å². The molecular weight excluding hydrogens is 420 g/mol. The van der Waals surface area contributed by atoms with Crippen LogP contribution in [0.3, 0.4) is 0 Å². The molecule has 1 aromatic heterocycles. The normalized spacial score (nSPS) is 21.6. The van der Waals surface area contributed by atoms with Crippen LogP contribution in [0.5, 0.6) is 0 Å². The lowest BCUT2D eigenvalue weighted by Crippen LogP contribution is -2.42. The zero-order chi connectivity index (χ0) is 20.1. The third-order valence-electron chi connectivity index (χ3n) is 5.18. The summed E-state index contributed by atoms with van der Waals surface area (Å²) in [6.45, 7) is 4.11. The first-order chi connectivity index (χ1) is 13.3. The first-order valence-corrected chi connectivity index (χ1v) is 9.68. The summed E-state index contributed by atoms with van der Waals surface area (Å²) in [6.07, 6.45) is 2.43. The van der Waals surface area contributed by atoms with Crippen molar-refractivity contribution in [2.75, 3.05) is 4.90 Å². The van der Waals surface area contributed by atoms with Crippen LogP contribution >= 0.6 is 15.9 Å². The average molecular weight is 439 g/mol. The molecule has 3 N–H and O–H groups in total. The minimum Gasteiger partial charge on any atom is -0.384 e. The Labute approximate surface area is 171 Å². The molecule has 0 spiro atoms. The number of carbonyl (C=O) groups excluding carboxylic acids is 1. The van der Waals surface area contributed by atoms with Crippen LogP contribution in [0.2, 0.25) is 0 Å². The van der Waals surface area contributed by atoms with Crippen molar-refractivity contribution in [3.63, 3.8) is 0 Å². The van der Waals surface area contributed by atoms with E-state index in [0.717, 1.165) is 15.7 Å². The molecule has 0 amide bonds. The Morgan fingerprint density at radius 3 is 2.82 bits per heavy atom. The lowest BCUT2D eigenvalue weighted by atomic mass is 9.68. The summed E-state index contributed by atoms with van der Waals surface area (Å²) in [5, 5.41) is 16.7. The number of anilines is 1. The zero-order valence-electron chi connectivity index (χ0n) is 15.5. The minimum absolute atomic E-state index is 0.0287. The smallest absolute Gasteiger partial charge is 0.231 e. The maximum atomic E-state index is 13.3. The highest BCUT2D eigenvalue weighted by molar-refractivity contribution is 9.10. The number of rotatable bonds is 2. The first kappa shape index (κ1) is 18.4. The van der Waals surface area contributed by atoms with E-state index in [0.29, 0.717) is 29.9 Å². The van der Waals surface area contributed by atoms with Gasteiger partial charge >= 0.3 is 0 Å². The van der Waals surface area contributed by atoms with E-state index in [-0.39, 0.29) is 17.0 Å². The molecule has 0 bridgehead atoms. The predicted octanol–water partition coefficient (Wildman–Crippen LogP) is 3.51. The summed E-state index contributed by atoms with van der Waals surface area (Å²) in [5.74, 6) is 0.200. The van der Waals surface area contributed by atoms with Gasteiger partial charge in [-0.05, 0) is 29.5 Å². The number of carbonyl (C=O) groups is 1. The number of halogens is 1. The number of aromatic amines is 1. The quantitative estimate of drug-likeness (QED) is 0.741. The van der Waals surface area contributed by atoms with Crippen molar-refractivity contribution in [2.24, 2.45) is 11.1 Å². The number of nitrogens with zero attached hydrogens (tertiary/aromatic N) is 4. The first-order valence-electron chi connectivity index (χ1n) is 8.89. The van der Waals surface area contributed by atoms with E-state index in [1.165, 1.54) is 6.33 Å². The van der Waals surface area contributed by atoms with Gasteiger partial charge in [-0.25, -0.2) is 5.10 Å². The van der Waals surface area contributed by atoms with E-state index >= 15 is 0 Å². The van der Waals surface area contributed by atoms with Gasteiger partial charge in [0.25, 0.3) is 0 Å². The van der Waals surface area contributed by atoms with Gasteiger partial charge in [0.2, 0.25) is 5.95 Å². The molecule has 1 aliphatic carbocycles. The fourth-order valence-corrected chi connectivity index (χ4v) is 4.49. The fourth-order valence-electron chi connectivity index (χ4n) is 4.08. The van der Waals surface area contributed by atoms with E-state index in [9.17, 15) is 10.1 Å². The van der Waals surface area contributed by atoms with E-state index in [1.54, 1.807) is 4.90 Å². The van der Waals surface area contributed by atoms with Crippen molar-refractivity contribution in [3.8, 4) is 6.07 Å². The Balaban J connectivity index is 2.00. The van der Waals surface area contributed by atoms with Crippen LogP contribution in [0, 0.1) is 16.7 Å². The number of aromatic nitrogens is 3. The van der Waals surface area contributed by atoms with Crippen LogP contribution in [0.25, 0.3) is 0 Å². The molecule has 1 atom stereocenters. The monoisotopic (exact) mass is 438 g/mol. The van der Waals surface area contributed by atoms with Crippen LogP contribution in [0.15, 0.2) is 57.7 Å². The van der Waals surface area contributed by atoms with E-state index in [2.05, 4.69) is 51.0 Å². The van der Waals surface area contributed by atoms with Crippen LogP contribution in [0.4, 0.5) is 5.95 Å². The maximum Gasteiger partial charge on any atom is 0.231 e. The Bertz CT molecular complexity index is 1060. The summed E-state index contributed by atoms with van der Waals surface area (Å²) in [7, 11) is 0. The van der Waals surface area contributed by atoms with E-state index < -0.39 is 5.92 Å². The summed E-state index contributed by atoms with van der Waals surface area (Å²) in [6, 6.07) is 9.89. The number of nitrogens with one attached hydrogen (secondary N) is 1. The molecule has 142 valence electrons. The van der Waals surface area contributed by atoms with Gasteiger partial charge in [-0.3, -0.25) is 9.69 Å². The molecule has 1 aliphatic heterocycles. The lowest BCUT2D eigenvalue weighted by molar-refractivity contribution is -0.118. The van der Waals surface area contributed by atoms with Crippen LogP contribution in [-0.2, 0) is 4.79 Å². The maximum absolute atomic E-state index is 13.3. The number of ketones is 1.